The number of nitrogens with zero attached hydrogens (tertiary/aromatic N) is 2. The van der Waals surface area contributed by atoms with Gasteiger partial charge in [0.2, 0.25) is 0 Å². The first-order chi connectivity index (χ1) is 8.70. The van der Waals surface area contributed by atoms with Crippen LogP contribution in [0.1, 0.15) is 27.2 Å². The second kappa shape index (κ2) is 5.59. The average Bonchev–Trinajstić information content (AvgIpc) is 2.84. The van der Waals surface area contributed by atoms with Gasteiger partial charge >= 0.3 is 5.97 Å². The van der Waals surface area contributed by atoms with E-state index in [1.165, 1.54) is 23.3 Å². The summed E-state index contributed by atoms with van der Waals surface area (Å²) < 4.78 is 0. The molecule has 2 heterocycles. The van der Waals surface area contributed by atoms with Crippen LogP contribution in [-0.4, -0.2) is 21.0 Å². The molecular formula is C12H13N3O2S. The van der Waals surface area contributed by atoms with Crippen molar-refractivity contribution in [2.75, 3.05) is 5.32 Å². The Hall–Kier alpha value is -1.95. The van der Waals surface area contributed by atoms with Gasteiger partial charge in [-0.15, -0.1) is 11.3 Å². The van der Waals surface area contributed by atoms with Gasteiger partial charge in [-0.3, -0.25) is 4.98 Å². The van der Waals surface area contributed by atoms with E-state index in [1.54, 1.807) is 11.3 Å². The van der Waals surface area contributed by atoms with E-state index in [4.69, 9.17) is 5.11 Å². The Morgan fingerprint density at radius 2 is 2.33 bits per heavy atom. The summed E-state index contributed by atoms with van der Waals surface area (Å²) in [4.78, 5) is 20.4. The highest BCUT2D eigenvalue weighted by Gasteiger charge is 2.09. The van der Waals surface area contributed by atoms with E-state index in [1.807, 2.05) is 6.20 Å². The molecule has 2 rings (SSSR count). The number of thiazole rings is 1. The van der Waals surface area contributed by atoms with Crippen LogP contribution in [0.4, 0.5) is 5.69 Å². The molecule has 0 unspecified atom stereocenters. The smallest absolute Gasteiger partial charge is 0.337 e. The van der Waals surface area contributed by atoms with Crippen LogP contribution in [0, 0.1) is 0 Å². The normalized spacial score (nSPS) is 10.3. The Morgan fingerprint density at radius 3 is 3.00 bits per heavy atom. The van der Waals surface area contributed by atoms with Crippen molar-refractivity contribution < 1.29 is 9.90 Å². The second-order valence-electron chi connectivity index (χ2n) is 3.65. The van der Waals surface area contributed by atoms with Crippen molar-refractivity contribution in [1.29, 1.82) is 0 Å². The van der Waals surface area contributed by atoms with Gasteiger partial charge in [0.1, 0.15) is 5.01 Å². The molecule has 0 saturated carbocycles. The number of aromatic carboxylic acids is 1. The van der Waals surface area contributed by atoms with Crippen LogP contribution in [0.5, 0.6) is 0 Å². The maximum absolute atomic E-state index is 11.0. The largest absolute Gasteiger partial charge is 0.478 e. The number of carboxylic acid groups (broad SMARTS) is 1. The molecule has 0 bridgehead atoms. The summed E-state index contributed by atoms with van der Waals surface area (Å²) in [5.74, 6) is -0.965. The molecule has 5 nitrogen and oxygen atoms in total. The van der Waals surface area contributed by atoms with Crippen LogP contribution < -0.4 is 5.32 Å². The van der Waals surface area contributed by atoms with Crippen molar-refractivity contribution in [3.05, 3.63) is 40.1 Å². The molecular weight excluding hydrogens is 250 g/mol. The molecule has 0 saturated heterocycles. The summed E-state index contributed by atoms with van der Waals surface area (Å²) in [6, 6.07) is 1.48. The fourth-order valence-corrected chi connectivity index (χ4v) is 2.29. The molecule has 0 aliphatic heterocycles. The summed E-state index contributed by atoms with van der Waals surface area (Å²) in [5.41, 5.74) is 0.732. The number of aryl methyl sites for hydroxylation is 1. The number of nitrogens with one attached hydrogen (secondary N) is 1. The zero-order chi connectivity index (χ0) is 13.0. The van der Waals surface area contributed by atoms with Crippen molar-refractivity contribution in [2.24, 2.45) is 0 Å². The monoisotopic (exact) mass is 263 g/mol. The highest BCUT2D eigenvalue weighted by molar-refractivity contribution is 7.11. The Morgan fingerprint density at radius 1 is 1.50 bits per heavy atom. The van der Waals surface area contributed by atoms with Crippen LogP contribution in [0.15, 0.2) is 24.7 Å². The van der Waals surface area contributed by atoms with E-state index in [0.29, 0.717) is 12.2 Å². The van der Waals surface area contributed by atoms with Gasteiger partial charge in [0, 0.05) is 17.3 Å². The molecule has 0 radical (unpaired) electrons. The molecule has 2 aromatic rings. The zero-order valence-electron chi connectivity index (χ0n) is 9.88. The Balaban J connectivity index is 2.08. The molecule has 6 heteroatoms. The fourth-order valence-electron chi connectivity index (χ4n) is 1.49. The summed E-state index contributed by atoms with van der Waals surface area (Å²) in [5, 5.41) is 13.0. The van der Waals surface area contributed by atoms with Crippen LogP contribution in [-0.2, 0) is 13.0 Å². The number of pyridine rings is 1. The van der Waals surface area contributed by atoms with Crippen molar-refractivity contribution in [3.63, 3.8) is 0 Å². The molecule has 0 aliphatic carbocycles. The predicted octanol–water partition coefficient (Wildman–Crippen LogP) is 2.41. The Kier molecular flexibility index (Phi) is 3.88. The molecule has 2 N–H and O–H groups in total. The van der Waals surface area contributed by atoms with Gasteiger partial charge in [-0.25, -0.2) is 9.78 Å². The second-order valence-corrected chi connectivity index (χ2v) is 4.85. The summed E-state index contributed by atoms with van der Waals surface area (Å²) in [6.07, 6.45) is 5.79. The molecule has 0 spiro atoms. The predicted molar refractivity (Wildman–Crippen MR) is 70.0 cm³/mol. The highest BCUT2D eigenvalue weighted by atomic mass is 32.1. The molecule has 2 aromatic heterocycles. The van der Waals surface area contributed by atoms with E-state index in [-0.39, 0.29) is 5.56 Å². The quantitative estimate of drug-likeness (QED) is 0.866. The van der Waals surface area contributed by atoms with Crippen LogP contribution >= 0.6 is 11.3 Å². The van der Waals surface area contributed by atoms with Crippen LogP contribution in [0.2, 0.25) is 0 Å². The molecule has 0 fully saturated rings. The number of hydrogen-bond acceptors (Lipinski definition) is 5. The Labute approximate surface area is 109 Å². The first-order valence-electron chi connectivity index (χ1n) is 5.55. The topological polar surface area (TPSA) is 75.1 Å². The summed E-state index contributed by atoms with van der Waals surface area (Å²) in [6.45, 7) is 2.59. The number of carbonyl (C=O) groups is 1. The summed E-state index contributed by atoms with van der Waals surface area (Å²) >= 11 is 1.62. The zero-order valence-corrected chi connectivity index (χ0v) is 10.7. The van der Waals surface area contributed by atoms with E-state index in [2.05, 4.69) is 22.2 Å². The third kappa shape index (κ3) is 2.84. The minimum absolute atomic E-state index is 0.220. The van der Waals surface area contributed by atoms with E-state index >= 15 is 0 Å². The minimum atomic E-state index is -0.965. The van der Waals surface area contributed by atoms with E-state index < -0.39 is 5.97 Å². The van der Waals surface area contributed by atoms with Crippen molar-refractivity contribution >= 4 is 23.0 Å². The standard InChI is InChI=1S/C12H13N3O2S/c1-2-8-5-15-11(18-8)7-14-10-6-13-4-3-9(10)12(16)17/h3-6,14H,2,7H2,1H3,(H,16,17). The van der Waals surface area contributed by atoms with Gasteiger partial charge in [-0.1, -0.05) is 6.92 Å². The molecule has 0 aromatic carbocycles. The van der Waals surface area contributed by atoms with Gasteiger partial charge in [0.25, 0.3) is 0 Å². The van der Waals surface area contributed by atoms with Gasteiger partial charge < -0.3 is 10.4 Å². The van der Waals surface area contributed by atoms with Gasteiger partial charge in [-0.05, 0) is 12.5 Å². The number of anilines is 1. The van der Waals surface area contributed by atoms with Crippen molar-refractivity contribution in [2.45, 2.75) is 19.9 Å². The third-order valence-corrected chi connectivity index (χ3v) is 3.57. The lowest BCUT2D eigenvalue weighted by molar-refractivity contribution is 0.0698. The summed E-state index contributed by atoms with van der Waals surface area (Å²) in [7, 11) is 0. The number of aromatic nitrogens is 2. The van der Waals surface area contributed by atoms with Crippen molar-refractivity contribution in [1.82, 2.24) is 9.97 Å². The molecule has 0 atom stereocenters. The molecule has 94 valence electrons. The first kappa shape index (κ1) is 12.5. The van der Waals surface area contributed by atoms with Gasteiger partial charge in [0.05, 0.1) is 24.0 Å². The third-order valence-electron chi connectivity index (χ3n) is 2.43. The first-order valence-corrected chi connectivity index (χ1v) is 6.37. The van der Waals surface area contributed by atoms with E-state index in [0.717, 1.165) is 11.4 Å². The molecule has 0 aliphatic rings. The molecule has 0 amide bonds. The highest BCUT2D eigenvalue weighted by Crippen LogP contribution is 2.17. The fraction of sp³-hybridized carbons (Fsp3) is 0.250. The molecule has 18 heavy (non-hydrogen) atoms. The average molecular weight is 263 g/mol. The lowest BCUT2D eigenvalue weighted by atomic mass is 10.2. The van der Waals surface area contributed by atoms with Gasteiger partial charge in [0.15, 0.2) is 0 Å². The SMILES string of the molecule is CCc1cnc(CNc2cnccc2C(=O)O)s1. The van der Waals surface area contributed by atoms with Crippen molar-refractivity contribution in [3.8, 4) is 0 Å². The lowest BCUT2D eigenvalue weighted by Crippen LogP contribution is -2.06. The van der Waals surface area contributed by atoms with E-state index in [9.17, 15) is 4.79 Å². The Bertz CT molecular complexity index is 554. The van der Waals surface area contributed by atoms with Crippen LogP contribution in [0.25, 0.3) is 0 Å². The lowest BCUT2D eigenvalue weighted by Gasteiger charge is -2.06. The van der Waals surface area contributed by atoms with Crippen LogP contribution in [0.3, 0.4) is 0 Å². The number of rotatable bonds is 5. The minimum Gasteiger partial charge on any atom is -0.478 e. The number of carboxylic acids is 1. The number of hydrogen-bond donors (Lipinski definition) is 2. The maximum atomic E-state index is 11.0. The maximum Gasteiger partial charge on any atom is 0.337 e. The van der Waals surface area contributed by atoms with Gasteiger partial charge in [-0.2, -0.15) is 0 Å².